The van der Waals surface area contributed by atoms with Gasteiger partial charge in [0.2, 0.25) is 0 Å². The molecule has 3 rings (SSSR count). The highest BCUT2D eigenvalue weighted by Crippen LogP contribution is 2.14. The molecule has 2 heterocycles. The Morgan fingerprint density at radius 3 is 2.65 bits per heavy atom. The first kappa shape index (κ1) is 17.0. The SMILES string of the molecule is O=C(Nc1ccncc1)c1cccn(Cc2cccc([N+](=O)[O-])c2)c1=O. The number of aromatic nitrogens is 2. The van der Waals surface area contributed by atoms with E-state index in [0.717, 1.165) is 0 Å². The van der Waals surface area contributed by atoms with E-state index in [9.17, 15) is 19.7 Å². The van der Waals surface area contributed by atoms with Crippen LogP contribution in [0.5, 0.6) is 0 Å². The van der Waals surface area contributed by atoms with Crippen LogP contribution in [-0.2, 0) is 6.54 Å². The van der Waals surface area contributed by atoms with E-state index >= 15 is 0 Å². The summed E-state index contributed by atoms with van der Waals surface area (Å²) in [4.78, 5) is 39.2. The molecular weight excluding hydrogens is 336 g/mol. The summed E-state index contributed by atoms with van der Waals surface area (Å²) in [5.74, 6) is -0.533. The largest absolute Gasteiger partial charge is 0.322 e. The topological polar surface area (TPSA) is 107 Å². The molecule has 0 saturated heterocycles. The number of pyridine rings is 2. The number of nitro benzene ring substituents is 1. The molecule has 1 amide bonds. The molecule has 0 atom stereocenters. The van der Waals surface area contributed by atoms with Crippen molar-refractivity contribution >= 4 is 17.3 Å². The van der Waals surface area contributed by atoms with Crippen molar-refractivity contribution in [1.82, 2.24) is 9.55 Å². The van der Waals surface area contributed by atoms with Gasteiger partial charge in [-0.3, -0.25) is 24.7 Å². The summed E-state index contributed by atoms with van der Waals surface area (Å²) in [6, 6.07) is 12.3. The lowest BCUT2D eigenvalue weighted by Gasteiger charge is -2.09. The van der Waals surface area contributed by atoms with E-state index in [4.69, 9.17) is 0 Å². The van der Waals surface area contributed by atoms with Crippen molar-refractivity contribution in [2.24, 2.45) is 0 Å². The molecule has 0 saturated carbocycles. The van der Waals surface area contributed by atoms with Gasteiger partial charge >= 0.3 is 0 Å². The van der Waals surface area contributed by atoms with E-state index in [1.54, 1.807) is 30.3 Å². The molecule has 0 aliphatic carbocycles. The summed E-state index contributed by atoms with van der Waals surface area (Å²) in [5.41, 5.74) is 0.564. The summed E-state index contributed by atoms with van der Waals surface area (Å²) in [5, 5.41) is 13.5. The molecule has 0 aliphatic heterocycles. The quantitative estimate of drug-likeness (QED) is 0.562. The molecule has 0 aliphatic rings. The normalized spacial score (nSPS) is 10.3. The van der Waals surface area contributed by atoms with E-state index in [0.29, 0.717) is 11.3 Å². The van der Waals surface area contributed by atoms with Gasteiger partial charge < -0.3 is 9.88 Å². The highest BCUT2D eigenvalue weighted by atomic mass is 16.6. The summed E-state index contributed by atoms with van der Waals surface area (Å²) >= 11 is 0. The van der Waals surface area contributed by atoms with Crippen LogP contribution in [0, 0.1) is 10.1 Å². The molecule has 0 spiro atoms. The highest BCUT2D eigenvalue weighted by Gasteiger charge is 2.13. The second kappa shape index (κ2) is 7.39. The zero-order chi connectivity index (χ0) is 18.5. The smallest absolute Gasteiger partial charge is 0.269 e. The van der Waals surface area contributed by atoms with E-state index in [1.807, 2.05) is 0 Å². The fourth-order valence-electron chi connectivity index (χ4n) is 2.43. The molecule has 0 unspecified atom stereocenters. The molecule has 0 fully saturated rings. The van der Waals surface area contributed by atoms with Gasteiger partial charge in [-0.05, 0) is 29.8 Å². The number of anilines is 1. The summed E-state index contributed by atoms with van der Waals surface area (Å²) in [6.45, 7) is 0.122. The van der Waals surface area contributed by atoms with Crippen molar-refractivity contribution in [2.45, 2.75) is 6.54 Å². The number of hydrogen-bond acceptors (Lipinski definition) is 5. The number of amides is 1. The molecule has 2 aromatic heterocycles. The summed E-state index contributed by atoms with van der Waals surface area (Å²) < 4.78 is 1.33. The molecule has 8 heteroatoms. The number of non-ortho nitro benzene ring substituents is 1. The third kappa shape index (κ3) is 3.81. The van der Waals surface area contributed by atoms with Crippen LogP contribution in [0.25, 0.3) is 0 Å². The van der Waals surface area contributed by atoms with Crippen molar-refractivity contribution in [3.05, 3.63) is 98.7 Å². The first-order valence-electron chi connectivity index (χ1n) is 7.69. The van der Waals surface area contributed by atoms with Crippen molar-refractivity contribution < 1.29 is 9.72 Å². The molecular formula is C18H14N4O4. The van der Waals surface area contributed by atoms with E-state index < -0.39 is 16.4 Å². The molecule has 26 heavy (non-hydrogen) atoms. The Hall–Kier alpha value is -3.81. The maximum Gasteiger partial charge on any atom is 0.269 e. The van der Waals surface area contributed by atoms with Crippen LogP contribution in [-0.4, -0.2) is 20.4 Å². The van der Waals surface area contributed by atoms with Crippen LogP contribution in [0.3, 0.4) is 0 Å². The Morgan fingerprint density at radius 1 is 1.15 bits per heavy atom. The van der Waals surface area contributed by atoms with Gasteiger partial charge in [0.1, 0.15) is 5.56 Å². The van der Waals surface area contributed by atoms with Crippen molar-refractivity contribution in [3.63, 3.8) is 0 Å². The Kier molecular flexibility index (Phi) is 4.84. The van der Waals surface area contributed by atoms with Crippen molar-refractivity contribution in [2.75, 3.05) is 5.32 Å². The number of rotatable bonds is 5. The van der Waals surface area contributed by atoms with Gasteiger partial charge in [0, 0.05) is 36.4 Å². The number of carbonyl (C=O) groups excluding carboxylic acids is 1. The molecule has 1 N–H and O–H groups in total. The Balaban J connectivity index is 1.85. The second-order valence-electron chi connectivity index (χ2n) is 5.47. The molecule has 130 valence electrons. The molecule has 0 bridgehead atoms. The lowest BCUT2D eigenvalue weighted by molar-refractivity contribution is -0.384. The Morgan fingerprint density at radius 2 is 1.92 bits per heavy atom. The van der Waals surface area contributed by atoms with Gasteiger partial charge in [-0.25, -0.2) is 0 Å². The Labute approximate surface area is 147 Å². The average Bonchev–Trinajstić information content (AvgIpc) is 2.64. The maximum atomic E-state index is 12.6. The second-order valence-corrected chi connectivity index (χ2v) is 5.47. The zero-order valence-electron chi connectivity index (χ0n) is 13.5. The van der Waals surface area contributed by atoms with Crippen LogP contribution >= 0.6 is 0 Å². The van der Waals surface area contributed by atoms with Crippen LogP contribution in [0.4, 0.5) is 11.4 Å². The van der Waals surface area contributed by atoms with Gasteiger partial charge in [-0.2, -0.15) is 0 Å². The maximum absolute atomic E-state index is 12.6. The third-order valence-electron chi connectivity index (χ3n) is 3.68. The first-order valence-corrected chi connectivity index (χ1v) is 7.69. The van der Waals surface area contributed by atoms with Crippen LogP contribution in [0.15, 0.2) is 71.9 Å². The highest BCUT2D eigenvalue weighted by molar-refractivity contribution is 6.03. The van der Waals surface area contributed by atoms with Crippen LogP contribution in [0.1, 0.15) is 15.9 Å². The number of nitrogens with zero attached hydrogens (tertiary/aromatic N) is 3. The minimum atomic E-state index is -0.533. The van der Waals surface area contributed by atoms with Crippen LogP contribution in [0.2, 0.25) is 0 Å². The van der Waals surface area contributed by atoms with Gasteiger partial charge in [-0.15, -0.1) is 0 Å². The minimum absolute atomic E-state index is 0.0188. The number of nitrogens with one attached hydrogen (secondary N) is 1. The Bertz CT molecular complexity index is 1010. The van der Waals surface area contributed by atoms with Gasteiger partial charge in [-0.1, -0.05) is 12.1 Å². The van der Waals surface area contributed by atoms with Gasteiger partial charge in [0.25, 0.3) is 17.2 Å². The number of nitro groups is 1. The number of hydrogen-bond donors (Lipinski definition) is 1. The first-order chi connectivity index (χ1) is 12.5. The lowest BCUT2D eigenvalue weighted by Crippen LogP contribution is -2.29. The lowest BCUT2D eigenvalue weighted by atomic mass is 10.2. The molecule has 0 radical (unpaired) electrons. The van der Waals surface area contributed by atoms with Crippen LogP contribution < -0.4 is 10.9 Å². The van der Waals surface area contributed by atoms with Gasteiger partial charge in [0.05, 0.1) is 11.5 Å². The summed E-state index contributed by atoms with van der Waals surface area (Å²) in [7, 11) is 0. The monoisotopic (exact) mass is 350 g/mol. The van der Waals surface area contributed by atoms with E-state index in [2.05, 4.69) is 10.3 Å². The van der Waals surface area contributed by atoms with E-state index in [-0.39, 0.29) is 17.8 Å². The molecule has 1 aromatic carbocycles. The van der Waals surface area contributed by atoms with E-state index in [1.165, 1.54) is 41.4 Å². The predicted molar refractivity (Wildman–Crippen MR) is 95.1 cm³/mol. The zero-order valence-corrected chi connectivity index (χ0v) is 13.5. The van der Waals surface area contributed by atoms with Gasteiger partial charge in [0.15, 0.2) is 0 Å². The average molecular weight is 350 g/mol. The minimum Gasteiger partial charge on any atom is -0.322 e. The predicted octanol–water partition coefficient (Wildman–Crippen LogP) is 2.45. The standard InChI is InChI=1S/C18H14N4O4/c23-17(20-14-6-8-19-9-7-14)16-5-2-10-21(18(16)24)12-13-3-1-4-15(11-13)22(25)26/h1-11H,12H2,(H,19,20,23). The third-order valence-corrected chi connectivity index (χ3v) is 3.68. The molecule has 3 aromatic rings. The van der Waals surface area contributed by atoms with Crippen molar-refractivity contribution in [1.29, 1.82) is 0 Å². The fraction of sp³-hybridized carbons (Fsp3) is 0.0556. The fourth-order valence-corrected chi connectivity index (χ4v) is 2.43. The van der Waals surface area contributed by atoms with Crippen molar-refractivity contribution in [3.8, 4) is 0 Å². The molecule has 8 nitrogen and oxygen atoms in total. The number of benzene rings is 1. The summed E-state index contributed by atoms with van der Waals surface area (Å²) in [6.07, 6.45) is 4.59. The number of carbonyl (C=O) groups is 1.